The number of nitrogens with one attached hydrogen (secondary N) is 3. The second-order valence-electron chi connectivity index (χ2n) is 5.39. The minimum atomic E-state index is -0.169. The van der Waals surface area contributed by atoms with E-state index in [9.17, 15) is 4.79 Å². The van der Waals surface area contributed by atoms with Crippen molar-refractivity contribution in [1.82, 2.24) is 21.2 Å². The number of hydrogen-bond acceptors (Lipinski definition) is 4. The number of rotatable bonds is 5. The largest absolute Gasteiger partial charge is 0.355 e. The highest BCUT2D eigenvalue weighted by molar-refractivity contribution is 5.82. The van der Waals surface area contributed by atoms with E-state index in [-0.39, 0.29) is 18.0 Å². The Morgan fingerprint density at radius 1 is 1.53 bits per heavy atom. The summed E-state index contributed by atoms with van der Waals surface area (Å²) in [6, 6.07) is 3.91. The number of hydrogen-bond donors (Lipinski definition) is 3. The monoisotopic (exact) mass is 262 g/mol. The lowest BCUT2D eigenvalue weighted by molar-refractivity contribution is -0.122. The molecule has 5 heteroatoms. The van der Waals surface area contributed by atoms with Gasteiger partial charge in [-0.05, 0) is 30.4 Å². The molecule has 19 heavy (non-hydrogen) atoms. The Morgan fingerprint density at radius 2 is 2.37 bits per heavy atom. The van der Waals surface area contributed by atoms with Crippen molar-refractivity contribution in [3.05, 3.63) is 30.1 Å². The zero-order chi connectivity index (χ0) is 13.7. The number of hydrazine groups is 1. The number of aromatic nitrogens is 1. The first-order valence-electron chi connectivity index (χ1n) is 6.85. The molecule has 1 aromatic rings. The van der Waals surface area contributed by atoms with Crippen LogP contribution in [0.15, 0.2) is 24.5 Å². The molecular formula is C14H22N4O. The number of pyridine rings is 1. The van der Waals surface area contributed by atoms with Gasteiger partial charge >= 0.3 is 0 Å². The maximum absolute atomic E-state index is 12.0. The summed E-state index contributed by atoms with van der Waals surface area (Å²) in [6.45, 7) is 5.05. The smallest absolute Gasteiger partial charge is 0.238 e. The molecule has 0 aliphatic carbocycles. The van der Waals surface area contributed by atoms with Gasteiger partial charge in [0.15, 0.2) is 0 Å². The first-order valence-corrected chi connectivity index (χ1v) is 6.85. The van der Waals surface area contributed by atoms with E-state index in [1.165, 1.54) is 0 Å². The Hall–Kier alpha value is -1.46. The highest BCUT2D eigenvalue weighted by Crippen LogP contribution is 2.21. The Labute approximate surface area is 114 Å². The van der Waals surface area contributed by atoms with Crippen LogP contribution in [0.3, 0.4) is 0 Å². The molecule has 0 aromatic carbocycles. The van der Waals surface area contributed by atoms with E-state index in [2.05, 4.69) is 35.0 Å². The molecule has 1 aliphatic heterocycles. The second kappa shape index (κ2) is 6.63. The molecule has 2 unspecified atom stereocenters. The van der Waals surface area contributed by atoms with Crippen LogP contribution in [-0.2, 0) is 4.79 Å². The van der Waals surface area contributed by atoms with Gasteiger partial charge in [-0.15, -0.1) is 0 Å². The van der Waals surface area contributed by atoms with Crippen LogP contribution in [0.25, 0.3) is 0 Å². The van der Waals surface area contributed by atoms with Gasteiger partial charge in [-0.3, -0.25) is 9.78 Å². The predicted molar refractivity (Wildman–Crippen MR) is 74.1 cm³/mol. The average molecular weight is 262 g/mol. The number of nitrogens with zero attached hydrogens (tertiary/aromatic N) is 1. The highest BCUT2D eigenvalue weighted by atomic mass is 16.2. The Kier molecular flexibility index (Phi) is 4.87. The van der Waals surface area contributed by atoms with Gasteiger partial charge in [-0.2, -0.15) is 0 Å². The molecule has 1 aliphatic rings. The molecule has 0 saturated carbocycles. The third-order valence-electron chi connectivity index (χ3n) is 3.33. The zero-order valence-electron chi connectivity index (χ0n) is 11.5. The van der Waals surface area contributed by atoms with Gasteiger partial charge in [0, 0.05) is 25.0 Å². The van der Waals surface area contributed by atoms with Crippen molar-refractivity contribution in [2.24, 2.45) is 5.92 Å². The highest BCUT2D eigenvalue weighted by Gasteiger charge is 2.29. The van der Waals surface area contributed by atoms with Crippen LogP contribution >= 0.6 is 0 Å². The van der Waals surface area contributed by atoms with Crippen LogP contribution < -0.4 is 16.2 Å². The van der Waals surface area contributed by atoms with Crippen molar-refractivity contribution in [3.8, 4) is 0 Å². The summed E-state index contributed by atoms with van der Waals surface area (Å²) in [7, 11) is 0. The summed E-state index contributed by atoms with van der Waals surface area (Å²) in [5.41, 5.74) is 7.31. The summed E-state index contributed by atoms with van der Waals surface area (Å²) in [5.74, 6) is 0.678. The van der Waals surface area contributed by atoms with Gasteiger partial charge in [0.2, 0.25) is 5.91 Å². The van der Waals surface area contributed by atoms with Crippen LogP contribution in [0.2, 0.25) is 0 Å². The molecule has 2 atom stereocenters. The zero-order valence-corrected chi connectivity index (χ0v) is 11.5. The summed E-state index contributed by atoms with van der Waals surface area (Å²) in [5, 5.41) is 2.97. The van der Waals surface area contributed by atoms with E-state index in [1.807, 2.05) is 18.3 Å². The number of amides is 1. The van der Waals surface area contributed by atoms with E-state index < -0.39 is 0 Å². The lowest BCUT2D eigenvalue weighted by Crippen LogP contribution is -2.43. The fourth-order valence-corrected chi connectivity index (χ4v) is 2.14. The number of carbonyl (C=O) groups excluding carboxylic acids is 1. The molecule has 1 saturated heterocycles. The number of carbonyl (C=O) groups is 1. The summed E-state index contributed by atoms with van der Waals surface area (Å²) < 4.78 is 0. The molecule has 104 valence electrons. The minimum Gasteiger partial charge on any atom is -0.355 e. The van der Waals surface area contributed by atoms with Crippen molar-refractivity contribution in [2.75, 3.05) is 6.54 Å². The van der Waals surface area contributed by atoms with Crippen molar-refractivity contribution >= 4 is 5.91 Å². The van der Waals surface area contributed by atoms with Crippen LogP contribution in [0, 0.1) is 5.92 Å². The van der Waals surface area contributed by atoms with E-state index >= 15 is 0 Å². The molecule has 3 N–H and O–H groups in total. The van der Waals surface area contributed by atoms with Crippen molar-refractivity contribution in [3.63, 3.8) is 0 Å². The van der Waals surface area contributed by atoms with Crippen LogP contribution in [0.1, 0.15) is 38.3 Å². The predicted octanol–water partition coefficient (Wildman–Crippen LogP) is 1.15. The molecule has 1 fully saturated rings. The van der Waals surface area contributed by atoms with Gasteiger partial charge in [0.25, 0.3) is 0 Å². The molecule has 0 bridgehead atoms. The van der Waals surface area contributed by atoms with Gasteiger partial charge in [-0.25, -0.2) is 10.9 Å². The molecule has 2 heterocycles. The molecule has 0 radical (unpaired) electrons. The first-order chi connectivity index (χ1) is 9.16. The maximum atomic E-state index is 12.0. The Morgan fingerprint density at radius 3 is 3.05 bits per heavy atom. The Bertz CT molecular complexity index is 407. The van der Waals surface area contributed by atoms with Crippen molar-refractivity contribution < 1.29 is 4.79 Å². The van der Waals surface area contributed by atoms with Gasteiger partial charge < -0.3 is 5.32 Å². The van der Waals surface area contributed by atoms with Gasteiger partial charge in [-0.1, -0.05) is 19.9 Å². The molecule has 2 rings (SSSR count). The SMILES string of the molecule is CC(C)CCNC(=O)C1CC(c2cccnc2)NN1. The quantitative estimate of drug-likeness (QED) is 0.745. The van der Waals surface area contributed by atoms with Crippen molar-refractivity contribution in [2.45, 2.75) is 38.8 Å². The fourth-order valence-electron chi connectivity index (χ4n) is 2.14. The third kappa shape index (κ3) is 4.01. The summed E-state index contributed by atoms with van der Waals surface area (Å²) >= 11 is 0. The van der Waals surface area contributed by atoms with Crippen LogP contribution in [0.4, 0.5) is 0 Å². The molecule has 1 amide bonds. The van der Waals surface area contributed by atoms with Crippen LogP contribution in [0.5, 0.6) is 0 Å². The second-order valence-corrected chi connectivity index (χ2v) is 5.39. The maximum Gasteiger partial charge on any atom is 0.238 e. The standard InChI is InChI=1S/C14H22N4O/c1-10(2)5-7-16-14(19)13-8-12(17-18-13)11-4-3-6-15-9-11/h3-4,6,9-10,12-13,17-18H,5,7-8H2,1-2H3,(H,16,19). The van der Waals surface area contributed by atoms with Gasteiger partial charge in [0.1, 0.15) is 6.04 Å². The van der Waals surface area contributed by atoms with E-state index in [0.717, 1.165) is 24.9 Å². The molecule has 1 aromatic heterocycles. The lowest BCUT2D eigenvalue weighted by atomic mass is 10.0. The lowest BCUT2D eigenvalue weighted by Gasteiger charge is -2.11. The Balaban J connectivity index is 1.80. The topological polar surface area (TPSA) is 66.0 Å². The summed E-state index contributed by atoms with van der Waals surface area (Å²) in [4.78, 5) is 16.1. The normalized spacial score (nSPS) is 22.7. The van der Waals surface area contributed by atoms with Crippen LogP contribution in [-0.4, -0.2) is 23.5 Å². The first kappa shape index (κ1) is 14.0. The molecule has 0 spiro atoms. The van der Waals surface area contributed by atoms with E-state index in [1.54, 1.807) is 6.20 Å². The van der Waals surface area contributed by atoms with Gasteiger partial charge in [0.05, 0.1) is 0 Å². The summed E-state index contributed by atoms with van der Waals surface area (Å²) in [6.07, 6.45) is 5.34. The molecule has 5 nitrogen and oxygen atoms in total. The average Bonchev–Trinajstić information content (AvgIpc) is 2.89. The van der Waals surface area contributed by atoms with Crippen molar-refractivity contribution in [1.29, 1.82) is 0 Å². The third-order valence-corrected chi connectivity index (χ3v) is 3.33. The fraction of sp³-hybridized carbons (Fsp3) is 0.571. The minimum absolute atomic E-state index is 0.0690. The van der Waals surface area contributed by atoms with E-state index in [4.69, 9.17) is 0 Å². The van der Waals surface area contributed by atoms with E-state index in [0.29, 0.717) is 5.92 Å². The molecular weight excluding hydrogens is 240 g/mol.